The summed E-state index contributed by atoms with van der Waals surface area (Å²) in [5.41, 5.74) is 0.630. The number of halogens is 3. The first-order chi connectivity index (χ1) is 11.8. The van der Waals surface area contributed by atoms with Gasteiger partial charge in [0.25, 0.3) is 0 Å². The van der Waals surface area contributed by atoms with Gasteiger partial charge < -0.3 is 24.3 Å². The van der Waals surface area contributed by atoms with Gasteiger partial charge in [0.05, 0.1) is 13.2 Å². The Labute approximate surface area is 138 Å². The van der Waals surface area contributed by atoms with Crippen molar-refractivity contribution >= 4 is 5.95 Å². The highest BCUT2D eigenvalue weighted by Gasteiger charge is 2.31. The Hall–Kier alpha value is -2.89. The van der Waals surface area contributed by atoms with Gasteiger partial charge >= 0.3 is 18.3 Å². The Morgan fingerprint density at radius 2 is 2.08 bits per heavy atom. The summed E-state index contributed by atoms with van der Waals surface area (Å²) in [7, 11) is 0. The zero-order valence-corrected chi connectivity index (χ0v) is 12.5. The predicted octanol–water partition coefficient (Wildman–Crippen LogP) is 2.06. The van der Waals surface area contributed by atoms with Crippen LogP contribution in [0.2, 0.25) is 0 Å². The van der Waals surface area contributed by atoms with E-state index >= 15 is 0 Å². The topological polar surface area (TPSA) is 102 Å². The summed E-state index contributed by atoms with van der Waals surface area (Å²) in [6.45, 7) is 0.461. The van der Waals surface area contributed by atoms with Crippen LogP contribution in [-0.4, -0.2) is 38.8 Å². The van der Waals surface area contributed by atoms with Gasteiger partial charge in [0.15, 0.2) is 0 Å². The second kappa shape index (κ2) is 6.55. The SMILES string of the molecule is O=[N+]([O-])c1nc2n(n1)C[C@H](OCc1ccc(OC(F)(F)F)cc1)CO2. The van der Waals surface area contributed by atoms with Crippen LogP contribution in [0.1, 0.15) is 5.56 Å². The van der Waals surface area contributed by atoms with Crippen LogP contribution in [0.5, 0.6) is 11.8 Å². The van der Waals surface area contributed by atoms with Gasteiger partial charge in [-0.25, -0.2) is 0 Å². The molecular weight excluding hydrogens is 349 g/mol. The van der Waals surface area contributed by atoms with Gasteiger partial charge in [-0.2, -0.15) is 0 Å². The molecule has 0 spiro atoms. The molecule has 0 amide bonds. The number of ether oxygens (including phenoxy) is 3. The van der Waals surface area contributed by atoms with E-state index in [-0.39, 0.29) is 31.5 Å². The average molecular weight is 360 g/mol. The minimum absolute atomic E-state index is 0.0419. The van der Waals surface area contributed by atoms with Crippen LogP contribution in [0.25, 0.3) is 0 Å². The Balaban J connectivity index is 1.54. The first kappa shape index (κ1) is 17.0. The van der Waals surface area contributed by atoms with Crippen LogP contribution >= 0.6 is 0 Å². The van der Waals surface area contributed by atoms with Crippen molar-refractivity contribution in [1.82, 2.24) is 14.8 Å². The van der Waals surface area contributed by atoms with Crippen molar-refractivity contribution in [2.24, 2.45) is 0 Å². The van der Waals surface area contributed by atoms with E-state index in [1.54, 1.807) is 0 Å². The molecule has 2 aromatic rings. The summed E-state index contributed by atoms with van der Waals surface area (Å²) in [4.78, 5) is 13.5. The molecule has 12 heteroatoms. The van der Waals surface area contributed by atoms with E-state index < -0.39 is 23.3 Å². The van der Waals surface area contributed by atoms with Gasteiger partial charge in [-0.05, 0) is 27.6 Å². The maximum absolute atomic E-state index is 12.1. The minimum Gasteiger partial charge on any atom is -0.448 e. The van der Waals surface area contributed by atoms with Crippen LogP contribution in [0.3, 0.4) is 0 Å². The van der Waals surface area contributed by atoms with Gasteiger partial charge in [-0.3, -0.25) is 0 Å². The number of benzene rings is 1. The molecular formula is C13H11F3N4O5. The lowest BCUT2D eigenvalue weighted by Gasteiger charge is -2.20. The molecule has 0 radical (unpaired) electrons. The Bertz CT molecular complexity index is 762. The average Bonchev–Trinajstić information content (AvgIpc) is 2.96. The third-order valence-electron chi connectivity index (χ3n) is 3.21. The van der Waals surface area contributed by atoms with Crippen molar-refractivity contribution in [2.75, 3.05) is 6.61 Å². The zero-order valence-electron chi connectivity index (χ0n) is 12.5. The Kier molecular flexibility index (Phi) is 4.44. The molecule has 1 atom stereocenters. The van der Waals surface area contributed by atoms with E-state index in [0.29, 0.717) is 5.56 Å². The minimum atomic E-state index is -4.74. The van der Waals surface area contributed by atoms with Gasteiger partial charge in [0.1, 0.15) is 18.5 Å². The van der Waals surface area contributed by atoms with E-state index in [1.165, 1.54) is 28.9 Å². The summed E-state index contributed by atoms with van der Waals surface area (Å²) in [5.74, 6) is -0.882. The fraction of sp³-hybridized carbons (Fsp3) is 0.385. The lowest BCUT2D eigenvalue weighted by Crippen LogP contribution is -2.32. The third kappa shape index (κ3) is 4.35. The Morgan fingerprint density at radius 1 is 1.36 bits per heavy atom. The first-order valence-electron chi connectivity index (χ1n) is 6.98. The van der Waals surface area contributed by atoms with Crippen molar-refractivity contribution in [3.8, 4) is 11.8 Å². The highest BCUT2D eigenvalue weighted by Crippen LogP contribution is 2.23. The van der Waals surface area contributed by atoms with Gasteiger partial charge in [-0.15, -0.1) is 17.9 Å². The molecule has 1 aromatic heterocycles. The summed E-state index contributed by atoms with van der Waals surface area (Å²) in [5, 5.41) is 14.3. The highest BCUT2D eigenvalue weighted by molar-refractivity contribution is 5.27. The molecule has 0 aliphatic carbocycles. The fourth-order valence-electron chi connectivity index (χ4n) is 2.13. The summed E-state index contributed by atoms with van der Waals surface area (Å²) in [6.07, 6.45) is -5.17. The lowest BCUT2D eigenvalue weighted by atomic mass is 10.2. The van der Waals surface area contributed by atoms with Crippen molar-refractivity contribution in [2.45, 2.75) is 25.6 Å². The van der Waals surface area contributed by atoms with Crippen LogP contribution in [0, 0.1) is 10.1 Å². The number of hydrogen-bond acceptors (Lipinski definition) is 7. The number of fused-ring (bicyclic) bond motifs is 1. The van der Waals surface area contributed by atoms with Crippen molar-refractivity contribution in [3.05, 3.63) is 39.9 Å². The highest BCUT2D eigenvalue weighted by atomic mass is 19.4. The molecule has 0 unspecified atom stereocenters. The molecule has 1 aliphatic rings. The molecule has 1 aliphatic heterocycles. The molecule has 9 nitrogen and oxygen atoms in total. The lowest BCUT2D eigenvalue weighted by molar-refractivity contribution is -0.394. The zero-order chi connectivity index (χ0) is 18.0. The number of hydrogen-bond donors (Lipinski definition) is 0. The third-order valence-corrected chi connectivity index (χ3v) is 3.21. The number of rotatable bonds is 5. The number of nitrogens with zero attached hydrogens (tertiary/aromatic N) is 4. The molecule has 3 rings (SSSR count). The molecule has 1 aromatic carbocycles. The Morgan fingerprint density at radius 3 is 2.72 bits per heavy atom. The monoisotopic (exact) mass is 360 g/mol. The van der Waals surface area contributed by atoms with Crippen LogP contribution < -0.4 is 9.47 Å². The van der Waals surface area contributed by atoms with Crippen molar-refractivity contribution in [3.63, 3.8) is 0 Å². The van der Waals surface area contributed by atoms with Crippen LogP contribution in [-0.2, 0) is 17.9 Å². The molecule has 0 bridgehead atoms. The maximum atomic E-state index is 12.1. The quantitative estimate of drug-likeness (QED) is 0.594. The van der Waals surface area contributed by atoms with Crippen LogP contribution in [0.4, 0.5) is 19.1 Å². The van der Waals surface area contributed by atoms with Gasteiger partial charge in [0, 0.05) is 5.10 Å². The molecule has 0 N–H and O–H groups in total. The molecule has 0 fully saturated rings. The van der Waals surface area contributed by atoms with Crippen molar-refractivity contribution < 1.29 is 32.3 Å². The van der Waals surface area contributed by atoms with E-state index in [0.717, 1.165) is 0 Å². The predicted molar refractivity (Wildman–Crippen MR) is 73.9 cm³/mol. The van der Waals surface area contributed by atoms with E-state index in [9.17, 15) is 23.3 Å². The fourth-order valence-corrected chi connectivity index (χ4v) is 2.13. The second-order valence-electron chi connectivity index (χ2n) is 5.07. The van der Waals surface area contributed by atoms with E-state index in [4.69, 9.17) is 9.47 Å². The maximum Gasteiger partial charge on any atom is 0.573 e. The molecule has 25 heavy (non-hydrogen) atoms. The van der Waals surface area contributed by atoms with Gasteiger partial charge in [0.2, 0.25) is 0 Å². The normalized spacial score (nSPS) is 16.8. The van der Waals surface area contributed by atoms with Crippen LogP contribution in [0.15, 0.2) is 24.3 Å². The smallest absolute Gasteiger partial charge is 0.448 e. The summed E-state index contributed by atoms with van der Waals surface area (Å²) >= 11 is 0. The first-order valence-corrected chi connectivity index (χ1v) is 6.98. The van der Waals surface area contributed by atoms with E-state index in [2.05, 4.69) is 14.8 Å². The molecule has 0 saturated carbocycles. The molecule has 0 saturated heterocycles. The number of aromatic nitrogens is 3. The number of alkyl halides is 3. The standard InChI is InChI=1S/C13H11F3N4O5/c14-13(15,16)25-9-3-1-8(2-4-9)6-23-10-5-19-12(24-7-10)17-11(18-19)20(21)22/h1-4,10H,5-7H2/t10-/m0/s1. The summed E-state index contributed by atoms with van der Waals surface area (Å²) in [6, 6.07) is 5.29. The largest absolute Gasteiger partial charge is 0.573 e. The summed E-state index contributed by atoms with van der Waals surface area (Å²) < 4.78 is 52.1. The number of nitro groups is 1. The van der Waals surface area contributed by atoms with Crippen molar-refractivity contribution in [1.29, 1.82) is 0 Å². The van der Waals surface area contributed by atoms with E-state index in [1.807, 2.05) is 0 Å². The molecule has 2 heterocycles. The second-order valence-corrected chi connectivity index (χ2v) is 5.07. The molecule has 134 valence electrons. The van der Waals surface area contributed by atoms with Gasteiger partial charge in [-0.1, -0.05) is 12.1 Å².